The molecule has 0 saturated carbocycles. The van der Waals surface area contributed by atoms with Crippen LogP contribution in [-0.2, 0) is 24.4 Å². The molecule has 0 unspecified atom stereocenters. The van der Waals surface area contributed by atoms with Crippen molar-refractivity contribution in [1.82, 2.24) is 24.0 Å². The minimum absolute atomic E-state index is 0.0600. The second kappa shape index (κ2) is 9.64. The topological polar surface area (TPSA) is 110 Å². The summed E-state index contributed by atoms with van der Waals surface area (Å²) in [5.74, 6) is -0.0125. The van der Waals surface area contributed by atoms with Crippen LogP contribution in [0.3, 0.4) is 0 Å². The van der Waals surface area contributed by atoms with E-state index in [0.717, 1.165) is 4.57 Å². The highest BCUT2D eigenvalue weighted by atomic mass is 35.5. The highest BCUT2D eigenvalue weighted by molar-refractivity contribution is 6.31. The lowest BCUT2D eigenvalue weighted by molar-refractivity contribution is -0.132. The first-order valence-electron chi connectivity index (χ1n) is 11.0. The van der Waals surface area contributed by atoms with Crippen molar-refractivity contribution in [2.45, 2.75) is 39.9 Å². The number of carbonyl (C=O) groups is 1. The predicted octanol–water partition coefficient (Wildman–Crippen LogP) is 2.51. The van der Waals surface area contributed by atoms with E-state index < -0.39 is 5.69 Å². The Kier molecular flexibility index (Phi) is 6.65. The monoisotopic (exact) mass is 481 g/mol. The number of H-pyrrole nitrogens is 1. The molecular weight excluding hydrogens is 458 g/mol. The molecule has 0 radical (unpaired) electrons. The van der Waals surface area contributed by atoms with Gasteiger partial charge in [0, 0.05) is 18.1 Å². The molecular formula is C24H24ClN5O4. The van der Waals surface area contributed by atoms with Gasteiger partial charge in [-0.25, -0.2) is 9.78 Å². The smallest absolute Gasteiger partial charge is 0.331 e. The number of para-hydroxylation sites is 1. The fourth-order valence-electron chi connectivity index (χ4n) is 4.02. The molecule has 2 aromatic carbocycles. The zero-order valence-electron chi connectivity index (χ0n) is 18.9. The molecule has 0 aliphatic heterocycles. The zero-order valence-corrected chi connectivity index (χ0v) is 19.6. The molecule has 1 amide bonds. The molecule has 176 valence electrons. The van der Waals surface area contributed by atoms with Crippen molar-refractivity contribution in [3.05, 3.63) is 84.5 Å². The fraction of sp³-hybridized carbons (Fsp3) is 0.292. The minimum atomic E-state index is -0.539. The van der Waals surface area contributed by atoms with Gasteiger partial charge in [0.2, 0.25) is 5.91 Å². The lowest BCUT2D eigenvalue weighted by Gasteiger charge is -2.23. The molecule has 1 N–H and O–H groups in total. The van der Waals surface area contributed by atoms with Crippen LogP contribution in [0.5, 0.6) is 0 Å². The van der Waals surface area contributed by atoms with Gasteiger partial charge in [-0.3, -0.25) is 23.5 Å². The summed E-state index contributed by atoms with van der Waals surface area (Å²) in [7, 11) is 0. The van der Waals surface area contributed by atoms with Crippen molar-refractivity contribution in [3.8, 4) is 0 Å². The molecule has 0 saturated heterocycles. The average Bonchev–Trinajstić information content (AvgIpc) is 2.81. The SMILES string of the molecule is CCCN(Cc1nc2cc(Cl)ccc2c(=O)[nH]1)C(=O)Cn1c(=O)n(CC)c(=O)c2ccccc21. The number of hydrogen-bond acceptors (Lipinski definition) is 5. The number of benzene rings is 2. The van der Waals surface area contributed by atoms with Crippen molar-refractivity contribution in [2.24, 2.45) is 0 Å². The van der Waals surface area contributed by atoms with Crippen molar-refractivity contribution in [2.75, 3.05) is 6.54 Å². The van der Waals surface area contributed by atoms with Gasteiger partial charge in [-0.15, -0.1) is 0 Å². The number of hydrogen-bond donors (Lipinski definition) is 1. The number of aromatic nitrogens is 4. The van der Waals surface area contributed by atoms with Gasteiger partial charge < -0.3 is 9.88 Å². The lowest BCUT2D eigenvalue weighted by Crippen LogP contribution is -2.43. The maximum atomic E-state index is 13.3. The first kappa shape index (κ1) is 23.4. The molecule has 0 aliphatic carbocycles. The summed E-state index contributed by atoms with van der Waals surface area (Å²) in [5.41, 5.74) is -0.402. The number of aromatic amines is 1. The summed E-state index contributed by atoms with van der Waals surface area (Å²) in [6.07, 6.45) is 0.666. The Hall–Kier alpha value is -3.72. The molecule has 0 bridgehead atoms. The van der Waals surface area contributed by atoms with E-state index in [0.29, 0.717) is 45.6 Å². The van der Waals surface area contributed by atoms with E-state index in [1.54, 1.807) is 49.4 Å². The number of halogens is 1. The van der Waals surface area contributed by atoms with Gasteiger partial charge in [0.25, 0.3) is 11.1 Å². The Labute approximate surface area is 199 Å². The van der Waals surface area contributed by atoms with Crippen molar-refractivity contribution in [3.63, 3.8) is 0 Å². The van der Waals surface area contributed by atoms with Crippen LogP contribution < -0.4 is 16.8 Å². The highest BCUT2D eigenvalue weighted by Crippen LogP contribution is 2.15. The fourth-order valence-corrected chi connectivity index (χ4v) is 4.18. The van der Waals surface area contributed by atoms with Crippen molar-refractivity contribution in [1.29, 1.82) is 0 Å². The van der Waals surface area contributed by atoms with E-state index >= 15 is 0 Å². The van der Waals surface area contributed by atoms with Crippen LogP contribution in [0.15, 0.2) is 56.8 Å². The molecule has 0 atom stereocenters. The molecule has 2 aromatic heterocycles. The Morgan fingerprint density at radius 3 is 2.56 bits per heavy atom. The Morgan fingerprint density at radius 2 is 1.82 bits per heavy atom. The maximum Gasteiger partial charge on any atom is 0.331 e. The van der Waals surface area contributed by atoms with Crippen LogP contribution in [0.25, 0.3) is 21.8 Å². The molecule has 4 aromatic rings. The highest BCUT2D eigenvalue weighted by Gasteiger charge is 2.19. The first-order valence-corrected chi connectivity index (χ1v) is 11.4. The number of rotatable bonds is 7. The minimum Gasteiger partial charge on any atom is -0.334 e. The Morgan fingerprint density at radius 1 is 1.06 bits per heavy atom. The Balaban J connectivity index is 1.71. The number of fused-ring (bicyclic) bond motifs is 2. The largest absolute Gasteiger partial charge is 0.334 e. The van der Waals surface area contributed by atoms with Gasteiger partial charge in [-0.2, -0.15) is 0 Å². The average molecular weight is 482 g/mol. The number of carbonyl (C=O) groups excluding carboxylic acids is 1. The maximum absolute atomic E-state index is 13.3. The van der Waals surface area contributed by atoms with Crippen LogP contribution in [0.1, 0.15) is 26.1 Å². The summed E-state index contributed by atoms with van der Waals surface area (Å²) < 4.78 is 2.44. The van der Waals surface area contributed by atoms with Crippen LogP contribution in [0.4, 0.5) is 0 Å². The van der Waals surface area contributed by atoms with E-state index in [-0.39, 0.29) is 36.7 Å². The van der Waals surface area contributed by atoms with Gasteiger partial charge in [-0.1, -0.05) is 30.7 Å². The van der Waals surface area contributed by atoms with Crippen LogP contribution in [0, 0.1) is 0 Å². The molecule has 0 fully saturated rings. The first-order chi connectivity index (χ1) is 16.3. The number of amides is 1. The third-order valence-corrected chi connectivity index (χ3v) is 5.88. The van der Waals surface area contributed by atoms with E-state index in [2.05, 4.69) is 9.97 Å². The van der Waals surface area contributed by atoms with Gasteiger partial charge >= 0.3 is 5.69 Å². The molecule has 9 nitrogen and oxygen atoms in total. The summed E-state index contributed by atoms with van der Waals surface area (Å²) in [6, 6.07) is 11.6. The van der Waals surface area contributed by atoms with Crippen molar-refractivity contribution < 1.29 is 4.79 Å². The second-order valence-corrected chi connectivity index (χ2v) is 8.36. The van der Waals surface area contributed by atoms with E-state index in [1.807, 2.05) is 6.92 Å². The van der Waals surface area contributed by atoms with Crippen LogP contribution in [-0.4, -0.2) is 36.5 Å². The summed E-state index contributed by atoms with van der Waals surface area (Å²) in [5, 5.41) is 1.23. The zero-order chi connectivity index (χ0) is 24.4. The molecule has 4 rings (SSSR count). The van der Waals surface area contributed by atoms with E-state index in [1.165, 1.54) is 9.47 Å². The standard InChI is InChI=1S/C24H24ClN5O4/c1-3-11-28(13-20-26-18-12-15(25)9-10-16(18)22(32)27-20)21(31)14-30-19-8-6-5-7-17(19)23(33)29(4-2)24(30)34/h5-10,12H,3-4,11,13-14H2,1-2H3,(H,26,27,32). The lowest BCUT2D eigenvalue weighted by atomic mass is 10.2. The molecule has 10 heteroatoms. The van der Waals surface area contributed by atoms with E-state index in [4.69, 9.17) is 11.6 Å². The number of nitrogens with zero attached hydrogens (tertiary/aromatic N) is 4. The Bertz CT molecular complexity index is 1570. The molecule has 0 spiro atoms. The molecule has 0 aliphatic rings. The third kappa shape index (κ3) is 4.38. The third-order valence-electron chi connectivity index (χ3n) is 5.65. The molecule has 34 heavy (non-hydrogen) atoms. The second-order valence-electron chi connectivity index (χ2n) is 7.92. The quantitative estimate of drug-likeness (QED) is 0.436. The summed E-state index contributed by atoms with van der Waals surface area (Å²) in [4.78, 5) is 60.2. The van der Waals surface area contributed by atoms with Gasteiger partial charge in [0.05, 0.1) is 28.4 Å². The normalized spacial score (nSPS) is 11.3. The van der Waals surface area contributed by atoms with Crippen LogP contribution >= 0.6 is 11.6 Å². The van der Waals surface area contributed by atoms with Gasteiger partial charge in [0.1, 0.15) is 12.4 Å². The number of nitrogens with one attached hydrogen (secondary N) is 1. The van der Waals surface area contributed by atoms with E-state index in [9.17, 15) is 19.2 Å². The summed E-state index contributed by atoms with van der Waals surface area (Å²) >= 11 is 6.04. The molecule has 2 heterocycles. The summed E-state index contributed by atoms with van der Waals surface area (Å²) in [6.45, 7) is 4.04. The predicted molar refractivity (Wildman–Crippen MR) is 131 cm³/mol. The van der Waals surface area contributed by atoms with Gasteiger partial charge in [-0.05, 0) is 43.7 Å². The van der Waals surface area contributed by atoms with Crippen LogP contribution in [0.2, 0.25) is 5.02 Å². The van der Waals surface area contributed by atoms with Crippen molar-refractivity contribution >= 4 is 39.3 Å². The van der Waals surface area contributed by atoms with Gasteiger partial charge in [0.15, 0.2) is 0 Å².